The highest BCUT2D eigenvalue weighted by molar-refractivity contribution is 6.31. The fourth-order valence-corrected chi connectivity index (χ4v) is 3.19. The summed E-state index contributed by atoms with van der Waals surface area (Å²) in [4.78, 5) is 17.1. The van der Waals surface area contributed by atoms with Crippen LogP contribution in [-0.2, 0) is 5.54 Å². The Morgan fingerprint density at radius 2 is 2.13 bits per heavy atom. The van der Waals surface area contributed by atoms with Crippen molar-refractivity contribution >= 4 is 17.5 Å². The number of carbonyl (C=O) groups is 1. The summed E-state index contributed by atoms with van der Waals surface area (Å²) < 4.78 is 10.4. The summed E-state index contributed by atoms with van der Waals surface area (Å²) in [6.07, 6.45) is 3.56. The van der Waals surface area contributed by atoms with E-state index in [1.54, 1.807) is 25.1 Å². The van der Waals surface area contributed by atoms with Crippen LogP contribution in [0.25, 0.3) is 0 Å². The highest BCUT2D eigenvalue weighted by atomic mass is 35.5. The van der Waals surface area contributed by atoms with Crippen molar-refractivity contribution in [3.05, 3.63) is 40.5 Å². The maximum atomic E-state index is 12.8. The molecule has 0 atom stereocenters. The van der Waals surface area contributed by atoms with E-state index in [4.69, 9.17) is 20.9 Å². The maximum absolute atomic E-state index is 12.8. The van der Waals surface area contributed by atoms with Crippen LogP contribution >= 0.6 is 11.6 Å². The van der Waals surface area contributed by atoms with Gasteiger partial charge < -0.3 is 14.6 Å². The van der Waals surface area contributed by atoms with E-state index in [2.05, 4.69) is 15.5 Å². The third kappa shape index (κ3) is 3.03. The van der Waals surface area contributed by atoms with Crippen molar-refractivity contribution in [3.63, 3.8) is 0 Å². The van der Waals surface area contributed by atoms with E-state index in [-0.39, 0.29) is 5.91 Å². The zero-order valence-corrected chi connectivity index (χ0v) is 13.8. The molecule has 0 bridgehead atoms. The molecular weight excluding hydrogens is 318 g/mol. The molecular formula is C16H18ClN3O3. The molecule has 2 aromatic rings. The number of benzene rings is 1. The largest absolute Gasteiger partial charge is 0.496 e. The Bertz CT molecular complexity index is 723. The molecule has 1 saturated carbocycles. The summed E-state index contributed by atoms with van der Waals surface area (Å²) in [5.41, 5.74) is -0.200. The highest BCUT2D eigenvalue weighted by Crippen LogP contribution is 2.38. The second kappa shape index (κ2) is 6.20. The van der Waals surface area contributed by atoms with Gasteiger partial charge in [-0.05, 0) is 31.0 Å². The first kappa shape index (κ1) is 15.8. The normalized spacial score (nSPS) is 16.3. The fraction of sp³-hybridized carbons (Fsp3) is 0.438. The Hall–Kier alpha value is -2.08. The van der Waals surface area contributed by atoms with Crippen LogP contribution in [0, 0.1) is 6.92 Å². The first-order valence-electron chi connectivity index (χ1n) is 7.51. The molecule has 1 aliphatic carbocycles. The smallest absolute Gasteiger partial charge is 0.255 e. The van der Waals surface area contributed by atoms with Crippen LogP contribution in [-0.4, -0.2) is 23.2 Å². The Morgan fingerprint density at radius 3 is 2.74 bits per heavy atom. The van der Waals surface area contributed by atoms with E-state index >= 15 is 0 Å². The zero-order valence-electron chi connectivity index (χ0n) is 13.1. The molecule has 1 aromatic heterocycles. The summed E-state index contributed by atoms with van der Waals surface area (Å²) in [7, 11) is 1.52. The Kier molecular flexibility index (Phi) is 4.26. The number of rotatable bonds is 4. The molecule has 7 heteroatoms. The predicted molar refractivity (Wildman–Crippen MR) is 84.7 cm³/mol. The van der Waals surface area contributed by atoms with Crippen molar-refractivity contribution in [2.45, 2.75) is 38.1 Å². The first-order chi connectivity index (χ1) is 11.0. The molecule has 1 amide bonds. The lowest BCUT2D eigenvalue weighted by molar-refractivity contribution is 0.0889. The minimum absolute atomic E-state index is 0.256. The third-order valence-corrected chi connectivity index (χ3v) is 4.41. The van der Waals surface area contributed by atoms with Gasteiger partial charge in [0.15, 0.2) is 5.82 Å². The molecule has 0 saturated heterocycles. The summed E-state index contributed by atoms with van der Waals surface area (Å²) >= 11 is 6.01. The SMILES string of the molecule is COc1ccc(Cl)cc1C(=O)NC1(c2noc(C)n2)CCCC1. The number of hydrogen-bond donors (Lipinski definition) is 1. The van der Waals surface area contributed by atoms with Gasteiger partial charge in [-0.3, -0.25) is 4.79 Å². The second-order valence-corrected chi connectivity index (χ2v) is 6.16. The van der Waals surface area contributed by atoms with Gasteiger partial charge in [0, 0.05) is 11.9 Å². The molecule has 3 rings (SSSR count). The predicted octanol–water partition coefficient (Wildman–Crippen LogP) is 3.24. The van der Waals surface area contributed by atoms with Crippen LogP contribution in [0.4, 0.5) is 0 Å². The number of nitrogens with zero attached hydrogens (tertiary/aromatic N) is 2. The molecule has 0 aliphatic heterocycles. The van der Waals surface area contributed by atoms with Crippen LogP contribution in [0.3, 0.4) is 0 Å². The molecule has 1 aliphatic rings. The van der Waals surface area contributed by atoms with E-state index < -0.39 is 5.54 Å². The molecule has 0 radical (unpaired) electrons. The highest BCUT2D eigenvalue weighted by Gasteiger charge is 2.41. The standard InChI is InChI=1S/C16H18ClN3O3/c1-10-18-15(20-23-10)16(7-3-4-8-16)19-14(21)12-9-11(17)5-6-13(12)22-2/h5-6,9H,3-4,7-8H2,1-2H3,(H,19,21). The van der Waals surface area contributed by atoms with Gasteiger partial charge in [-0.25, -0.2) is 0 Å². The number of methoxy groups -OCH3 is 1. The number of hydrogen-bond acceptors (Lipinski definition) is 5. The Labute approximate surface area is 139 Å². The lowest BCUT2D eigenvalue weighted by Gasteiger charge is -2.27. The Morgan fingerprint density at radius 1 is 1.39 bits per heavy atom. The minimum Gasteiger partial charge on any atom is -0.496 e. The Balaban J connectivity index is 1.92. The van der Waals surface area contributed by atoms with Crippen LogP contribution in [0.1, 0.15) is 47.8 Å². The summed E-state index contributed by atoms with van der Waals surface area (Å²) in [5.74, 6) is 1.24. The van der Waals surface area contributed by atoms with Crippen molar-refractivity contribution in [2.75, 3.05) is 7.11 Å². The second-order valence-electron chi connectivity index (χ2n) is 5.72. The molecule has 0 spiro atoms. The topological polar surface area (TPSA) is 77.2 Å². The monoisotopic (exact) mass is 335 g/mol. The van der Waals surface area contributed by atoms with E-state index in [1.165, 1.54) is 7.11 Å². The molecule has 1 aromatic carbocycles. The number of carbonyl (C=O) groups excluding carboxylic acids is 1. The number of nitrogens with one attached hydrogen (secondary N) is 1. The van der Waals surface area contributed by atoms with Gasteiger partial charge in [0.25, 0.3) is 5.91 Å². The van der Waals surface area contributed by atoms with Crippen LogP contribution in [0.5, 0.6) is 5.75 Å². The van der Waals surface area contributed by atoms with Crippen LogP contribution < -0.4 is 10.1 Å². The fourth-order valence-electron chi connectivity index (χ4n) is 3.02. The van der Waals surface area contributed by atoms with Crippen LogP contribution in [0.2, 0.25) is 5.02 Å². The average molecular weight is 336 g/mol. The van der Waals surface area contributed by atoms with Gasteiger partial charge in [0.2, 0.25) is 5.89 Å². The molecule has 1 N–H and O–H groups in total. The molecule has 0 unspecified atom stereocenters. The van der Waals surface area contributed by atoms with Gasteiger partial charge in [0.1, 0.15) is 11.3 Å². The summed E-state index contributed by atoms with van der Waals surface area (Å²) in [6, 6.07) is 4.96. The van der Waals surface area contributed by atoms with Crippen molar-refractivity contribution in [1.29, 1.82) is 0 Å². The van der Waals surface area contributed by atoms with Gasteiger partial charge in [-0.15, -0.1) is 0 Å². The van der Waals surface area contributed by atoms with Crippen molar-refractivity contribution < 1.29 is 14.1 Å². The summed E-state index contributed by atoms with van der Waals surface area (Å²) in [5, 5.41) is 7.57. The number of amides is 1. The number of aryl methyl sites for hydroxylation is 1. The van der Waals surface area contributed by atoms with Gasteiger partial charge >= 0.3 is 0 Å². The van der Waals surface area contributed by atoms with Crippen molar-refractivity contribution in [2.24, 2.45) is 0 Å². The minimum atomic E-state index is -0.595. The van der Waals surface area contributed by atoms with Gasteiger partial charge in [-0.1, -0.05) is 29.6 Å². The van der Waals surface area contributed by atoms with E-state index in [0.717, 1.165) is 25.7 Å². The lowest BCUT2D eigenvalue weighted by Crippen LogP contribution is -2.44. The van der Waals surface area contributed by atoms with E-state index in [9.17, 15) is 4.79 Å². The quantitative estimate of drug-likeness (QED) is 0.928. The average Bonchev–Trinajstić information content (AvgIpc) is 3.17. The van der Waals surface area contributed by atoms with Gasteiger partial charge in [0.05, 0.1) is 12.7 Å². The van der Waals surface area contributed by atoms with Crippen molar-refractivity contribution in [1.82, 2.24) is 15.5 Å². The third-order valence-electron chi connectivity index (χ3n) is 4.17. The molecule has 23 heavy (non-hydrogen) atoms. The van der Waals surface area contributed by atoms with Gasteiger partial charge in [-0.2, -0.15) is 4.98 Å². The van der Waals surface area contributed by atoms with Crippen LogP contribution in [0.15, 0.2) is 22.7 Å². The number of halogens is 1. The summed E-state index contributed by atoms with van der Waals surface area (Å²) in [6.45, 7) is 1.74. The molecule has 122 valence electrons. The lowest BCUT2D eigenvalue weighted by atomic mass is 9.95. The molecule has 6 nitrogen and oxygen atoms in total. The number of ether oxygens (including phenoxy) is 1. The van der Waals surface area contributed by atoms with Crippen molar-refractivity contribution in [3.8, 4) is 5.75 Å². The first-order valence-corrected chi connectivity index (χ1v) is 7.89. The molecule has 1 heterocycles. The van der Waals surface area contributed by atoms with E-state index in [1.807, 2.05) is 0 Å². The van der Waals surface area contributed by atoms with E-state index in [0.29, 0.717) is 28.1 Å². The molecule has 1 fully saturated rings. The maximum Gasteiger partial charge on any atom is 0.255 e. The zero-order chi connectivity index (χ0) is 16.4. The number of aromatic nitrogens is 2.